The number of carbonyl (C=O) groups excluding carboxylic acids is 5. The van der Waals surface area contributed by atoms with E-state index >= 15 is 0 Å². The normalized spacial score (nSPS) is 13.0. The number of rotatable bonds is 34. The van der Waals surface area contributed by atoms with Crippen molar-refractivity contribution in [2.24, 2.45) is 21.1 Å². The number of ether oxygens (including phenoxy) is 7. The number of fused-ring (bicyclic) bond motifs is 3. The molecule has 44 heteroatoms. The van der Waals surface area contributed by atoms with Gasteiger partial charge in [-0.1, -0.05) is 34.6 Å². The van der Waals surface area contributed by atoms with Gasteiger partial charge in [-0.15, -0.1) is 0 Å². The Labute approximate surface area is 874 Å². The standard InChI is InChI=1S/C28H32N8O3.C17H17BrN4O2.C17H18N4O2S.C16H18N4O4.C16H20N4O2.C11H16N4O/c1-7-21-22(39-20-8-10-30-18(13-20)12-17(2)37)15-31-26-25(21)35(6)27(33-26)32-24-14-23(28(3,4)29-5)36(34-24)19-9-11-38-16-19;1-4-13-14(9-20-16-15(13)22(3)17(18)21-16)24-12-5-6-19-11(8-12)7-10(2)23;1-4-13-14(9-19-16-15(13)21(3)17(24)20-16)23-12-5-6-18-11(8-12)7-10(2)22;1-4-13-14(9-19-16(20(22)23)15(13)17-3)24-12-5-6-18-11(8-12)7-10(2)21;1-4-13-14(9-20-16(17)15(13)18-3)22-12-5-6-19-11(8-12)7-10(2)21;1-11(2,13-3)9-6-10(12)14-15(9)8-4-5-16-7-8/h8,10,13-15,19H,7,9,11-12,16H2,1-4,6H3,(H,31,32,33,34);5-6,8-9H,4,7H2,1-3H3;5-6,8-9H,4,7H2,1-3H3,(H,19,20,24);5-6,8-9,17H,4,7H2,1-3H3;5-6,8-9,18H,4,7H2,1-3H3,(H2,17,20);6,8H,4-5,7H2,1-2H3,(H2,12,14)/t19-;;;;;8-/m0....0/s1. The summed E-state index contributed by atoms with van der Waals surface area (Å²) in [5.41, 5.74) is 25.8. The van der Waals surface area contributed by atoms with Crippen LogP contribution in [0.25, 0.3) is 43.2 Å². The highest BCUT2D eigenvalue weighted by atomic mass is 79.9. The van der Waals surface area contributed by atoms with Crippen molar-refractivity contribution in [3.8, 4) is 57.5 Å². The van der Waals surface area contributed by atoms with Crippen molar-refractivity contribution in [3.05, 3.63) is 245 Å². The molecule has 0 saturated carbocycles. The lowest BCUT2D eigenvalue weighted by Crippen LogP contribution is -2.22. The largest absolute Gasteiger partial charge is 0.455 e. The number of nitro groups is 1. The first kappa shape index (κ1) is 111. The molecule has 2 aliphatic rings. The van der Waals surface area contributed by atoms with Gasteiger partial charge < -0.3 is 99.1 Å². The zero-order valence-electron chi connectivity index (χ0n) is 86.7. The number of nitrogen functional groups attached to an aromatic ring is 2. The fraction of sp³-hybridized carbons (Fsp3) is 0.371. The number of nitrogens with two attached hydrogens (primary N) is 2. The van der Waals surface area contributed by atoms with Crippen LogP contribution in [0.2, 0.25) is 0 Å². The fourth-order valence-electron chi connectivity index (χ4n) is 16.7. The molecule has 0 spiro atoms. The first-order valence-corrected chi connectivity index (χ1v) is 49.4. The van der Waals surface area contributed by atoms with Crippen LogP contribution in [0.3, 0.4) is 0 Å². The maximum absolute atomic E-state index is 11.5. The van der Waals surface area contributed by atoms with Crippen molar-refractivity contribution in [1.82, 2.24) is 98.1 Å². The number of anilines is 6. The number of nitrogens with one attached hydrogen (secondary N) is 4. The number of hydrogen-bond donors (Lipinski definition) is 6. The van der Waals surface area contributed by atoms with Gasteiger partial charge in [0.1, 0.15) is 86.4 Å². The average Bonchev–Trinajstić information content (AvgIpc) is 1.64. The highest BCUT2D eigenvalue weighted by Crippen LogP contribution is 2.42. The van der Waals surface area contributed by atoms with Crippen LogP contribution in [0.1, 0.15) is 190 Å². The predicted octanol–water partition coefficient (Wildman–Crippen LogP) is 19.1. The van der Waals surface area contributed by atoms with Gasteiger partial charge in [-0.05, 0) is 148 Å². The Kier molecular flexibility index (Phi) is 37.9. The molecule has 2 fully saturated rings. The zero-order valence-corrected chi connectivity index (χ0v) is 89.1. The third-order valence-corrected chi connectivity index (χ3v) is 25.0. The second-order valence-electron chi connectivity index (χ2n) is 36.0. The minimum Gasteiger partial charge on any atom is -0.455 e. The van der Waals surface area contributed by atoms with Gasteiger partial charge in [0, 0.05) is 210 Å². The Hall–Kier alpha value is -16.3. The van der Waals surface area contributed by atoms with Crippen LogP contribution in [0.5, 0.6) is 57.5 Å². The van der Waals surface area contributed by atoms with E-state index in [1.807, 2.05) is 91.8 Å². The van der Waals surface area contributed by atoms with Crippen molar-refractivity contribution in [1.29, 1.82) is 0 Å². The second kappa shape index (κ2) is 50.7. The molecule has 0 bridgehead atoms. The molecule has 0 aliphatic carbocycles. The number of Topliss-reactive ketones (excluding diaryl/α,β-unsaturated/α-hetero) is 5. The number of ketones is 5. The van der Waals surface area contributed by atoms with Gasteiger partial charge in [0.15, 0.2) is 67.2 Å². The van der Waals surface area contributed by atoms with Crippen molar-refractivity contribution in [2.45, 2.75) is 197 Å². The number of hydrogen-bond acceptors (Lipinski definition) is 34. The topological polar surface area (TPSA) is 511 Å². The van der Waals surface area contributed by atoms with Crippen molar-refractivity contribution >= 4 is 131 Å². The molecule has 17 rings (SSSR count). The monoisotopic (exact) mass is 2110 g/mol. The van der Waals surface area contributed by atoms with Crippen molar-refractivity contribution < 1.29 is 62.1 Å². The van der Waals surface area contributed by atoms with E-state index in [-0.39, 0.29) is 59.7 Å². The highest BCUT2D eigenvalue weighted by Gasteiger charge is 2.38. The lowest BCUT2D eigenvalue weighted by Gasteiger charge is -2.17. The maximum atomic E-state index is 11.5. The molecule has 2 saturated heterocycles. The number of pyridine rings is 10. The molecule has 42 nitrogen and oxygen atoms in total. The van der Waals surface area contributed by atoms with E-state index in [0.29, 0.717) is 189 Å². The Morgan fingerprint density at radius 2 is 0.852 bits per heavy atom. The summed E-state index contributed by atoms with van der Waals surface area (Å²) < 4.78 is 51.8. The minimum atomic E-state index is -0.734. The zero-order chi connectivity index (χ0) is 108. The maximum Gasteiger partial charge on any atom is 0.387 e. The van der Waals surface area contributed by atoms with Gasteiger partial charge in [-0.2, -0.15) is 15.2 Å². The molecule has 2 atom stereocenters. The molecule has 2 aliphatic heterocycles. The van der Waals surface area contributed by atoms with Crippen LogP contribution in [0, 0.1) is 28.0 Å². The molecular weight excluding hydrogens is 1990 g/mol. The molecule has 0 amide bonds. The molecule has 15 aromatic heterocycles. The summed E-state index contributed by atoms with van der Waals surface area (Å²) in [6, 6.07) is 21.5. The van der Waals surface area contributed by atoms with Crippen LogP contribution < -0.4 is 51.1 Å². The number of aryl methyl sites for hydroxylation is 6. The van der Waals surface area contributed by atoms with Gasteiger partial charge in [-0.25, -0.2) is 38.1 Å². The van der Waals surface area contributed by atoms with E-state index in [1.54, 1.807) is 150 Å². The lowest BCUT2D eigenvalue weighted by molar-refractivity contribution is -0.388. The van der Waals surface area contributed by atoms with Gasteiger partial charge in [0.05, 0.1) is 101 Å². The van der Waals surface area contributed by atoms with Crippen LogP contribution in [-0.4, -0.2) is 172 Å². The summed E-state index contributed by atoms with van der Waals surface area (Å²) in [7, 11) is 9.16. The summed E-state index contributed by atoms with van der Waals surface area (Å²) in [5.74, 6) is 8.11. The van der Waals surface area contributed by atoms with Crippen LogP contribution >= 0.6 is 28.1 Å². The van der Waals surface area contributed by atoms with Crippen molar-refractivity contribution in [3.63, 3.8) is 0 Å². The summed E-state index contributed by atoms with van der Waals surface area (Å²) >= 11 is 8.70. The molecule has 17 heterocycles. The highest BCUT2D eigenvalue weighted by molar-refractivity contribution is 9.10. The molecule has 0 radical (unpaired) electrons. The molecule has 8 N–H and O–H groups in total. The average molecular weight is 2110 g/mol. The lowest BCUT2D eigenvalue weighted by atomic mass is 10.0. The smallest absolute Gasteiger partial charge is 0.387 e. The van der Waals surface area contributed by atoms with Gasteiger partial charge in [-0.3, -0.25) is 58.3 Å². The van der Waals surface area contributed by atoms with Crippen LogP contribution in [-0.2, 0) is 130 Å². The SMILES string of the molecule is CCc1c(Oc2ccnc(CC(C)=O)c2)cnc(N)c1NC.CCc1c(Oc2ccnc(CC(C)=O)c2)cnc([N+](=O)[O-])c1NC.CCc1c(Oc2ccnc(CC(C)=O)c2)cnc2[nH]c(=S)n(C)c12.CCc1c(Oc2ccnc(CC(C)=O)c2)cnc2nc(Br)n(C)c12.[C-]#[N+]C(C)(C)c1cc(N)nn1[C@H]1CCOC1.[C-]#[N+]C(C)(C)c1cc(Nc2nc3ncc(Oc4ccnc(CC(C)=O)c4)c(CC)c3n2C)nn1[C@H]1CCOC1. The van der Waals surface area contributed by atoms with E-state index in [2.05, 4.69) is 127 Å². The van der Waals surface area contributed by atoms with Gasteiger partial charge in [0.2, 0.25) is 5.95 Å². The third-order valence-electron chi connectivity index (χ3n) is 23.9. The quantitative estimate of drug-likeness (QED) is 0.00944. The van der Waals surface area contributed by atoms with Gasteiger partial charge >= 0.3 is 5.82 Å². The minimum absolute atomic E-state index is 0.00312. The number of H-pyrrole nitrogens is 1. The second-order valence-corrected chi connectivity index (χ2v) is 37.1. The fourth-order valence-corrected chi connectivity index (χ4v) is 17.2. The Morgan fingerprint density at radius 3 is 1.23 bits per heavy atom. The molecule has 149 heavy (non-hydrogen) atoms. The Bertz CT molecular complexity index is 7570. The number of halogens is 1. The molecule has 0 unspecified atom stereocenters. The predicted molar refractivity (Wildman–Crippen MR) is 570 cm³/mol. The van der Waals surface area contributed by atoms with E-state index in [4.69, 9.17) is 80.1 Å². The summed E-state index contributed by atoms with van der Waals surface area (Å²) in [6.45, 7) is 42.9. The summed E-state index contributed by atoms with van der Waals surface area (Å²) in [6.07, 6.45) is 22.8. The van der Waals surface area contributed by atoms with Gasteiger partial charge in [0.25, 0.3) is 11.1 Å². The number of imidazole rings is 3. The molecule has 0 aromatic carbocycles. The van der Waals surface area contributed by atoms with E-state index < -0.39 is 16.0 Å². The van der Waals surface area contributed by atoms with E-state index in [9.17, 15) is 34.1 Å². The first-order chi connectivity index (χ1) is 71.2. The number of aromatic amines is 1. The summed E-state index contributed by atoms with van der Waals surface area (Å²) in [5, 5.41) is 29.4. The molecular formula is C105H121BrN28O14S. The Morgan fingerprint density at radius 1 is 0.497 bits per heavy atom. The van der Waals surface area contributed by atoms with E-state index in [0.717, 1.165) is 105 Å². The molecule has 778 valence electrons. The van der Waals surface area contributed by atoms with Crippen LogP contribution in [0.4, 0.5) is 40.6 Å². The summed E-state index contributed by atoms with van der Waals surface area (Å²) in [4.78, 5) is 129. The number of aromatic nitrogens is 20. The number of carbonyl (C=O) groups is 5. The number of nitrogens with zero attached hydrogens (tertiary/aromatic N) is 22. The van der Waals surface area contributed by atoms with Crippen molar-refractivity contribution in [2.75, 3.05) is 67.9 Å². The van der Waals surface area contributed by atoms with E-state index in [1.165, 1.54) is 27.0 Å². The molecule has 15 aromatic rings. The van der Waals surface area contributed by atoms with Crippen LogP contribution in [0.15, 0.2) is 139 Å². The third kappa shape index (κ3) is 28.1. The Balaban J connectivity index is 0.000000162. The first-order valence-electron chi connectivity index (χ1n) is 48.2.